The van der Waals surface area contributed by atoms with Gasteiger partial charge in [-0.3, -0.25) is 14.4 Å². The summed E-state index contributed by atoms with van der Waals surface area (Å²) in [4.78, 5) is 45.3. The van der Waals surface area contributed by atoms with Crippen LogP contribution in [0.25, 0.3) is 11.0 Å². The Morgan fingerprint density at radius 2 is 2.05 bits per heavy atom. The molecule has 4 heterocycles. The number of ether oxygens (including phenoxy) is 2. The van der Waals surface area contributed by atoms with Gasteiger partial charge in [0.15, 0.2) is 0 Å². The molecule has 2 aromatic rings. The first-order valence-electron chi connectivity index (χ1n) is 14.4. The number of carbonyl (C=O) groups is 3. The second-order valence-corrected chi connectivity index (χ2v) is 11.1. The number of allylic oxidation sites excluding steroid dienone is 1. The number of para-hydroxylation sites is 1. The SMILES string of the molecule is C=CCCCOC(=O)[C@H]1[C@H]2C(=O)N(CCCO)C(C(=O)N(CC=C)Cn3nnc4ccccc43)C23CC[C@]1(CC)O3. The maximum absolute atomic E-state index is 14.5. The fourth-order valence-corrected chi connectivity index (χ4v) is 7.06. The Balaban J connectivity index is 1.50. The Labute approximate surface area is 239 Å². The molecule has 1 N–H and O–H groups in total. The van der Waals surface area contributed by atoms with Gasteiger partial charge in [-0.05, 0) is 50.7 Å². The van der Waals surface area contributed by atoms with Crippen LogP contribution in [0.3, 0.4) is 0 Å². The van der Waals surface area contributed by atoms with Crippen molar-refractivity contribution in [3.8, 4) is 0 Å². The van der Waals surface area contributed by atoms with Gasteiger partial charge in [0.05, 0.1) is 23.6 Å². The predicted molar refractivity (Wildman–Crippen MR) is 150 cm³/mol. The van der Waals surface area contributed by atoms with Gasteiger partial charge in [-0.2, -0.15) is 0 Å². The number of fused-ring (bicyclic) bond motifs is 2. The molecule has 2 unspecified atom stereocenters. The highest BCUT2D eigenvalue weighted by Crippen LogP contribution is 2.64. The Hall–Kier alpha value is -3.57. The summed E-state index contributed by atoms with van der Waals surface area (Å²) in [6.45, 7) is 10.1. The molecule has 11 nitrogen and oxygen atoms in total. The number of likely N-dealkylation sites (tertiary alicyclic amines) is 1. The first kappa shape index (κ1) is 28.9. The summed E-state index contributed by atoms with van der Waals surface area (Å²) < 4.78 is 14.1. The second kappa shape index (κ2) is 11.7. The molecule has 0 saturated carbocycles. The molecule has 3 aliphatic heterocycles. The van der Waals surface area contributed by atoms with Gasteiger partial charge in [0.1, 0.15) is 29.7 Å². The topological polar surface area (TPSA) is 127 Å². The highest BCUT2D eigenvalue weighted by Gasteiger charge is 2.79. The first-order chi connectivity index (χ1) is 19.9. The molecular formula is C30H39N5O6. The third-order valence-electron chi connectivity index (χ3n) is 8.91. The summed E-state index contributed by atoms with van der Waals surface area (Å²) in [7, 11) is 0. The summed E-state index contributed by atoms with van der Waals surface area (Å²) in [6.07, 6.45) is 6.58. The molecular weight excluding hydrogens is 526 g/mol. The van der Waals surface area contributed by atoms with Crippen molar-refractivity contribution in [2.24, 2.45) is 11.8 Å². The first-order valence-corrected chi connectivity index (χ1v) is 14.4. The van der Waals surface area contributed by atoms with Gasteiger partial charge in [0, 0.05) is 19.7 Å². The number of rotatable bonds is 14. The molecule has 220 valence electrons. The summed E-state index contributed by atoms with van der Waals surface area (Å²) >= 11 is 0. The van der Waals surface area contributed by atoms with Crippen molar-refractivity contribution in [1.29, 1.82) is 0 Å². The molecule has 2 bridgehead atoms. The van der Waals surface area contributed by atoms with E-state index in [1.165, 1.54) is 4.90 Å². The predicted octanol–water partition coefficient (Wildman–Crippen LogP) is 2.45. The lowest BCUT2D eigenvalue weighted by atomic mass is 9.65. The molecule has 1 spiro atoms. The Bertz CT molecular complexity index is 1330. The molecule has 2 amide bonds. The summed E-state index contributed by atoms with van der Waals surface area (Å²) in [5.41, 5.74) is -0.570. The van der Waals surface area contributed by atoms with Gasteiger partial charge < -0.3 is 24.4 Å². The fraction of sp³-hybridized carbons (Fsp3) is 0.567. The minimum atomic E-state index is -1.17. The minimum absolute atomic E-state index is 0.0956. The van der Waals surface area contributed by atoms with Crippen LogP contribution >= 0.6 is 0 Å². The zero-order valence-electron chi connectivity index (χ0n) is 23.6. The van der Waals surface area contributed by atoms with Crippen LogP contribution in [-0.4, -0.2) is 91.2 Å². The van der Waals surface area contributed by atoms with Crippen molar-refractivity contribution >= 4 is 28.8 Å². The number of aliphatic hydroxyl groups excluding tert-OH is 1. The third-order valence-corrected chi connectivity index (χ3v) is 8.91. The van der Waals surface area contributed by atoms with Crippen LogP contribution in [-0.2, 0) is 30.5 Å². The molecule has 11 heteroatoms. The van der Waals surface area contributed by atoms with E-state index in [2.05, 4.69) is 23.5 Å². The second-order valence-electron chi connectivity index (χ2n) is 11.1. The summed E-state index contributed by atoms with van der Waals surface area (Å²) in [5, 5.41) is 18.1. The van der Waals surface area contributed by atoms with Gasteiger partial charge in [-0.25, -0.2) is 4.68 Å². The van der Waals surface area contributed by atoms with Crippen molar-refractivity contribution in [3.05, 3.63) is 49.6 Å². The molecule has 41 heavy (non-hydrogen) atoms. The van der Waals surface area contributed by atoms with E-state index in [0.717, 1.165) is 5.52 Å². The van der Waals surface area contributed by atoms with Crippen molar-refractivity contribution in [2.45, 2.75) is 69.4 Å². The van der Waals surface area contributed by atoms with E-state index in [1.807, 2.05) is 31.2 Å². The Morgan fingerprint density at radius 3 is 2.78 bits per heavy atom. The average molecular weight is 566 g/mol. The lowest BCUT2D eigenvalue weighted by Gasteiger charge is -2.36. The minimum Gasteiger partial charge on any atom is -0.465 e. The van der Waals surface area contributed by atoms with E-state index < -0.39 is 35.0 Å². The van der Waals surface area contributed by atoms with E-state index in [4.69, 9.17) is 9.47 Å². The van der Waals surface area contributed by atoms with Crippen molar-refractivity contribution < 1.29 is 29.0 Å². The van der Waals surface area contributed by atoms with Crippen LogP contribution in [0.2, 0.25) is 0 Å². The normalized spacial score (nSPS) is 28.2. The quantitative estimate of drug-likeness (QED) is 0.210. The van der Waals surface area contributed by atoms with E-state index in [0.29, 0.717) is 44.0 Å². The molecule has 3 saturated heterocycles. The molecule has 3 fully saturated rings. The number of benzene rings is 1. The van der Waals surface area contributed by atoms with Gasteiger partial charge >= 0.3 is 5.97 Å². The fourth-order valence-electron chi connectivity index (χ4n) is 7.06. The van der Waals surface area contributed by atoms with Crippen molar-refractivity contribution in [2.75, 3.05) is 26.3 Å². The van der Waals surface area contributed by atoms with Crippen molar-refractivity contribution in [1.82, 2.24) is 24.8 Å². The molecule has 0 aliphatic carbocycles. The summed E-state index contributed by atoms with van der Waals surface area (Å²) in [6, 6.07) is 6.51. The van der Waals surface area contributed by atoms with Crippen LogP contribution in [0.1, 0.15) is 45.4 Å². The lowest BCUT2D eigenvalue weighted by molar-refractivity contribution is -0.162. The maximum atomic E-state index is 14.5. The van der Waals surface area contributed by atoms with E-state index >= 15 is 0 Å². The van der Waals surface area contributed by atoms with Crippen LogP contribution in [0, 0.1) is 11.8 Å². The van der Waals surface area contributed by atoms with Gasteiger partial charge in [-0.1, -0.05) is 36.4 Å². The number of esters is 1. The van der Waals surface area contributed by atoms with Crippen LogP contribution in [0.15, 0.2) is 49.6 Å². The highest BCUT2D eigenvalue weighted by atomic mass is 16.6. The average Bonchev–Trinajstić information content (AvgIpc) is 3.71. The zero-order chi connectivity index (χ0) is 29.2. The third kappa shape index (κ3) is 4.74. The standard InChI is InChI=1S/C30H39N5O6/c1-4-7-10-19-40-28(39)24-23-26(37)34(17-11-18-36)25(30(23)15-14-29(24,6-3)41-30)27(38)33(16-5-2)20-35-22-13-9-8-12-21(22)31-32-35/h4-5,8-9,12-13,23-25,36H,1-2,6-7,10-11,14-20H2,3H3/t23-,24+,25?,29-,30?/m0/s1. The molecule has 3 aliphatic rings. The Morgan fingerprint density at radius 1 is 1.24 bits per heavy atom. The lowest BCUT2D eigenvalue weighted by Crippen LogP contribution is -2.56. The zero-order valence-corrected chi connectivity index (χ0v) is 23.6. The molecule has 1 aromatic heterocycles. The monoisotopic (exact) mass is 565 g/mol. The largest absolute Gasteiger partial charge is 0.465 e. The number of aliphatic hydroxyl groups is 1. The van der Waals surface area contributed by atoms with E-state index in [9.17, 15) is 19.5 Å². The summed E-state index contributed by atoms with van der Waals surface area (Å²) in [5.74, 6) is -2.72. The van der Waals surface area contributed by atoms with Crippen LogP contribution in [0.5, 0.6) is 0 Å². The van der Waals surface area contributed by atoms with E-state index in [1.54, 1.807) is 21.7 Å². The number of carbonyl (C=O) groups excluding carboxylic acids is 3. The van der Waals surface area contributed by atoms with Gasteiger partial charge in [0.25, 0.3) is 0 Å². The van der Waals surface area contributed by atoms with Crippen LogP contribution < -0.4 is 0 Å². The van der Waals surface area contributed by atoms with Crippen molar-refractivity contribution in [3.63, 3.8) is 0 Å². The smallest absolute Gasteiger partial charge is 0.312 e. The number of hydrogen-bond acceptors (Lipinski definition) is 8. The number of amides is 2. The molecule has 0 radical (unpaired) electrons. The maximum Gasteiger partial charge on any atom is 0.312 e. The van der Waals surface area contributed by atoms with E-state index in [-0.39, 0.29) is 44.8 Å². The number of hydrogen-bond donors (Lipinski definition) is 1. The molecule has 5 atom stereocenters. The Kier molecular flexibility index (Phi) is 8.28. The number of unbranched alkanes of at least 4 members (excludes halogenated alkanes) is 1. The number of aromatic nitrogens is 3. The van der Waals surface area contributed by atoms with Gasteiger partial charge in [0.2, 0.25) is 11.8 Å². The molecule has 5 rings (SSSR count). The number of nitrogens with zero attached hydrogens (tertiary/aromatic N) is 5. The van der Waals surface area contributed by atoms with Gasteiger partial charge in [-0.15, -0.1) is 18.3 Å². The highest BCUT2D eigenvalue weighted by molar-refractivity contribution is 5.98. The molecule has 1 aromatic carbocycles. The van der Waals surface area contributed by atoms with Crippen LogP contribution in [0.4, 0.5) is 0 Å².